The Balaban J connectivity index is 4.16. The Bertz CT molecular complexity index is 279. The van der Waals surface area contributed by atoms with Crippen LogP contribution in [-0.4, -0.2) is 28.3 Å². The number of aliphatic carboxylic acids is 1. The van der Waals surface area contributed by atoms with Gasteiger partial charge in [-0.3, -0.25) is 9.59 Å². The second-order valence-electron chi connectivity index (χ2n) is 3.73. The van der Waals surface area contributed by atoms with Gasteiger partial charge in [0, 0.05) is 29.5 Å². The molecule has 0 atom stereocenters. The molecule has 0 aromatic carbocycles. The van der Waals surface area contributed by atoms with Gasteiger partial charge in [-0.2, -0.15) is 0 Å². The molecule has 0 saturated carbocycles. The normalized spacial score (nSPS) is 10.9. The van der Waals surface area contributed by atoms with Crippen molar-refractivity contribution in [2.45, 2.75) is 44.3 Å². The summed E-state index contributed by atoms with van der Waals surface area (Å²) in [6.07, 6.45) is 1.19. The summed E-state index contributed by atoms with van der Waals surface area (Å²) >= 11 is 0.929. The fourth-order valence-corrected chi connectivity index (χ4v) is 1.86. The van der Waals surface area contributed by atoms with Gasteiger partial charge in [0.05, 0.1) is 11.2 Å². The first-order valence-electron chi connectivity index (χ1n) is 5.49. The maximum atomic E-state index is 11.3. The zero-order chi connectivity index (χ0) is 13.3. The highest BCUT2D eigenvalue weighted by Gasteiger charge is 2.28. The third kappa shape index (κ3) is 6.25. The van der Waals surface area contributed by atoms with Gasteiger partial charge in [0.15, 0.2) is 0 Å². The number of nitrogens with one attached hydrogen (secondary N) is 1. The van der Waals surface area contributed by atoms with Crippen molar-refractivity contribution in [1.29, 1.82) is 0 Å². The Hall–Kier alpha value is -1.11. The second kappa shape index (κ2) is 8.05. The average molecular weight is 262 g/mol. The molecule has 1 amide bonds. The van der Waals surface area contributed by atoms with Gasteiger partial charge in [0.25, 0.3) is 0 Å². The minimum absolute atomic E-state index is 0.0436. The molecule has 0 bridgehead atoms. The number of nitroso groups, excluding NO2 is 1. The van der Waals surface area contributed by atoms with E-state index in [4.69, 9.17) is 5.11 Å². The van der Waals surface area contributed by atoms with Crippen LogP contribution in [0.2, 0.25) is 0 Å². The largest absolute Gasteiger partial charge is 0.481 e. The Morgan fingerprint density at radius 1 is 1.29 bits per heavy atom. The molecule has 2 N–H and O–H groups in total. The van der Waals surface area contributed by atoms with E-state index in [-0.39, 0.29) is 23.5 Å². The predicted octanol–water partition coefficient (Wildman–Crippen LogP) is 1.94. The maximum Gasteiger partial charge on any atom is 0.303 e. The maximum absolute atomic E-state index is 11.3. The highest BCUT2D eigenvalue weighted by molar-refractivity contribution is 7.99. The third-order valence-corrected chi connectivity index (χ3v) is 3.88. The van der Waals surface area contributed by atoms with E-state index in [1.165, 1.54) is 0 Å². The lowest BCUT2D eigenvalue weighted by Crippen LogP contribution is -2.39. The van der Waals surface area contributed by atoms with E-state index >= 15 is 0 Å². The van der Waals surface area contributed by atoms with E-state index in [9.17, 15) is 14.5 Å². The van der Waals surface area contributed by atoms with E-state index in [1.807, 2.05) is 13.8 Å². The quantitative estimate of drug-likeness (QED) is 0.489. The summed E-state index contributed by atoms with van der Waals surface area (Å²) in [7, 11) is 0. The van der Waals surface area contributed by atoms with Crippen LogP contribution in [0.3, 0.4) is 0 Å². The lowest BCUT2D eigenvalue weighted by Gasteiger charge is -2.27. The number of hydrogen-bond acceptors (Lipinski definition) is 5. The highest BCUT2D eigenvalue weighted by atomic mass is 32.2. The fourth-order valence-electron chi connectivity index (χ4n) is 1.31. The van der Waals surface area contributed by atoms with Gasteiger partial charge < -0.3 is 10.4 Å². The molecule has 7 heteroatoms. The van der Waals surface area contributed by atoms with E-state index in [1.54, 1.807) is 0 Å². The Morgan fingerprint density at radius 3 is 2.29 bits per heavy atom. The summed E-state index contributed by atoms with van der Waals surface area (Å²) in [6, 6.07) is 0. The SMILES string of the molecule is CCC(CC)(CNC(=O)CCC(=O)O)SN=O. The summed E-state index contributed by atoms with van der Waals surface area (Å²) in [6.45, 7) is 4.17. The van der Waals surface area contributed by atoms with Gasteiger partial charge in [0.2, 0.25) is 5.91 Å². The molecule has 17 heavy (non-hydrogen) atoms. The number of rotatable bonds is 9. The molecule has 0 saturated heterocycles. The molecular weight excluding hydrogens is 244 g/mol. The molecular formula is C10H18N2O4S. The van der Waals surface area contributed by atoms with Crippen molar-refractivity contribution in [1.82, 2.24) is 5.32 Å². The van der Waals surface area contributed by atoms with Gasteiger partial charge in [0.1, 0.15) is 0 Å². The van der Waals surface area contributed by atoms with Crippen LogP contribution in [0, 0.1) is 4.91 Å². The van der Waals surface area contributed by atoms with Crippen LogP contribution >= 0.6 is 11.9 Å². The minimum atomic E-state index is -0.999. The van der Waals surface area contributed by atoms with Crippen molar-refractivity contribution in [2.24, 2.45) is 4.58 Å². The summed E-state index contributed by atoms with van der Waals surface area (Å²) in [5.41, 5.74) is 0. The molecule has 0 rings (SSSR count). The number of nitrogens with zero attached hydrogens (tertiary/aromatic N) is 1. The van der Waals surface area contributed by atoms with Crippen LogP contribution in [0.4, 0.5) is 0 Å². The highest BCUT2D eigenvalue weighted by Crippen LogP contribution is 2.32. The Labute approximate surface area is 105 Å². The van der Waals surface area contributed by atoms with E-state index in [0.29, 0.717) is 19.4 Å². The predicted molar refractivity (Wildman–Crippen MR) is 66.6 cm³/mol. The van der Waals surface area contributed by atoms with Gasteiger partial charge in [-0.15, -0.1) is 4.91 Å². The van der Waals surface area contributed by atoms with Crippen molar-refractivity contribution in [3.63, 3.8) is 0 Å². The van der Waals surface area contributed by atoms with Gasteiger partial charge >= 0.3 is 5.97 Å². The Morgan fingerprint density at radius 2 is 1.88 bits per heavy atom. The molecule has 0 fully saturated rings. The molecule has 0 aromatic heterocycles. The fraction of sp³-hybridized carbons (Fsp3) is 0.800. The van der Waals surface area contributed by atoms with Crippen LogP contribution in [0.15, 0.2) is 4.58 Å². The number of carboxylic acids is 1. The standard InChI is InChI=1S/C10H18N2O4S/c1-3-10(4-2,17-12-16)7-11-8(13)5-6-9(14)15/h3-7H2,1-2H3,(H,11,13)(H,14,15). The molecule has 98 valence electrons. The average Bonchev–Trinajstić information content (AvgIpc) is 2.32. The topological polar surface area (TPSA) is 95.8 Å². The zero-order valence-corrected chi connectivity index (χ0v) is 10.9. The molecule has 0 aliphatic heterocycles. The number of carboxylic acid groups (broad SMARTS) is 1. The van der Waals surface area contributed by atoms with Crippen molar-refractivity contribution in [3.05, 3.63) is 4.91 Å². The number of amides is 1. The van der Waals surface area contributed by atoms with Gasteiger partial charge in [-0.05, 0) is 12.8 Å². The minimum Gasteiger partial charge on any atom is -0.481 e. The summed E-state index contributed by atoms with van der Waals surface area (Å²) in [5, 5.41) is 11.1. The molecule has 0 unspecified atom stereocenters. The molecule has 0 aromatic rings. The zero-order valence-electron chi connectivity index (χ0n) is 10.1. The molecule has 0 aliphatic rings. The van der Waals surface area contributed by atoms with Crippen LogP contribution < -0.4 is 5.32 Å². The monoisotopic (exact) mass is 262 g/mol. The van der Waals surface area contributed by atoms with Crippen molar-refractivity contribution in [3.8, 4) is 0 Å². The molecule has 0 spiro atoms. The third-order valence-electron chi connectivity index (χ3n) is 2.69. The lowest BCUT2D eigenvalue weighted by atomic mass is 10.0. The van der Waals surface area contributed by atoms with Gasteiger partial charge in [-0.1, -0.05) is 13.8 Å². The first-order chi connectivity index (χ1) is 7.99. The van der Waals surface area contributed by atoms with Crippen molar-refractivity contribution < 1.29 is 14.7 Å². The van der Waals surface area contributed by atoms with Crippen molar-refractivity contribution >= 4 is 23.8 Å². The van der Waals surface area contributed by atoms with Crippen LogP contribution in [0.25, 0.3) is 0 Å². The summed E-state index contributed by atoms with van der Waals surface area (Å²) in [4.78, 5) is 31.9. The first-order valence-corrected chi connectivity index (χ1v) is 6.26. The number of hydrogen-bond donors (Lipinski definition) is 2. The summed E-state index contributed by atoms with van der Waals surface area (Å²) in [5.74, 6) is -1.31. The molecule has 0 radical (unpaired) electrons. The smallest absolute Gasteiger partial charge is 0.303 e. The van der Waals surface area contributed by atoms with Crippen LogP contribution in [0.1, 0.15) is 39.5 Å². The summed E-state index contributed by atoms with van der Waals surface area (Å²) < 4.78 is 2.44. The van der Waals surface area contributed by atoms with Crippen LogP contribution in [0.5, 0.6) is 0 Å². The molecule has 0 heterocycles. The molecule has 0 aliphatic carbocycles. The Kier molecular flexibility index (Phi) is 7.53. The van der Waals surface area contributed by atoms with Crippen molar-refractivity contribution in [2.75, 3.05) is 6.54 Å². The van der Waals surface area contributed by atoms with Gasteiger partial charge in [-0.25, -0.2) is 0 Å². The first kappa shape index (κ1) is 15.9. The van der Waals surface area contributed by atoms with E-state index in [2.05, 4.69) is 9.90 Å². The van der Waals surface area contributed by atoms with E-state index < -0.39 is 5.97 Å². The van der Waals surface area contributed by atoms with Crippen LogP contribution in [-0.2, 0) is 9.59 Å². The number of carbonyl (C=O) groups excluding carboxylic acids is 1. The second-order valence-corrected chi connectivity index (χ2v) is 4.92. The van der Waals surface area contributed by atoms with E-state index in [0.717, 1.165) is 11.9 Å². The number of carbonyl (C=O) groups is 2. The molecule has 6 nitrogen and oxygen atoms in total. The lowest BCUT2D eigenvalue weighted by molar-refractivity contribution is -0.138.